The summed E-state index contributed by atoms with van der Waals surface area (Å²) in [6.07, 6.45) is 5.70. The zero-order valence-electron chi connectivity index (χ0n) is 10.3. The second-order valence-corrected chi connectivity index (χ2v) is 5.85. The maximum atomic E-state index is 5.95. The molecule has 2 heterocycles. The molecule has 0 saturated heterocycles. The molecule has 2 rings (SSSR count). The third-order valence-corrected chi connectivity index (χ3v) is 4.14. The number of rotatable bonds is 6. The first kappa shape index (κ1) is 13.5. The Balaban J connectivity index is 2.12. The van der Waals surface area contributed by atoms with Crippen LogP contribution in [0.2, 0.25) is 4.34 Å². The number of imidazole rings is 1. The van der Waals surface area contributed by atoms with E-state index in [1.54, 1.807) is 11.3 Å². The summed E-state index contributed by atoms with van der Waals surface area (Å²) >= 11 is 7.50. The number of halogens is 1. The summed E-state index contributed by atoms with van der Waals surface area (Å²) in [5, 5.41) is 0. The van der Waals surface area contributed by atoms with Crippen LogP contribution in [0.1, 0.15) is 30.1 Å². The Morgan fingerprint density at radius 3 is 3.00 bits per heavy atom. The van der Waals surface area contributed by atoms with Crippen LogP contribution in [0.5, 0.6) is 0 Å². The zero-order valence-corrected chi connectivity index (χ0v) is 11.8. The van der Waals surface area contributed by atoms with E-state index in [1.165, 1.54) is 0 Å². The predicted octanol–water partition coefficient (Wildman–Crippen LogP) is 2.76. The van der Waals surface area contributed by atoms with Crippen LogP contribution in [0, 0.1) is 0 Å². The molecule has 0 amide bonds. The monoisotopic (exact) mass is 284 g/mol. The second-order valence-electron chi connectivity index (χ2n) is 4.10. The standard InChI is InChI=1S/C12H17ClN4S/c1-2-6-17-7-5-15-12(17)8-9(16-14)10-3-4-11(13)18-10/h3-5,7,9,16H,2,6,8,14H2,1H3. The summed E-state index contributed by atoms with van der Waals surface area (Å²) in [6, 6.07) is 3.95. The molecule has 0 aromatic carbocycles. The maximum absolute atomic E-state index is 5.95. The van der Waals surface area contributed by atoms with E-state index in [2.05, 4.69) is 21.9 Å². The summed E-state index contributed by atoms with van der Waals surface area (Å²) in [5.74, 6) is 6.68. The summed E-state index contributed by atoms with van der Waals surface area (Å²) < 4.78 is 2.95. The zero-order chi connectivity index (χ0) is 13.0. The lowest BCUT2D eigenvalue weighted by Gasteiger charge is -2.14. The maximum Gasteiger partial charge on any atom is 0.110 e. The molecule has 0 fully saturated rings. The van der Waals surface area contributed by atoms with Crippen molar-refractivity contribution in [1.82, 2.24) is 15.0 Å². The molecule has 98 valence electrons. The largest absolute Gasteiger partial charge is 0.335 e. The minimum atomic E-state index is 0.0560. The molecule has 0 bridgehead atoms. The molecule has 2 aromatic heterocycles. The molecule has 3 N–H and O–H groups in total. The van der Waals surface area contributed by atoms with Gasteiger partial charge in [0.1, 0.15) is 5.82 Å². The molecule has 0 aliphatic rings. The first-order valence-electron chi connectivity index (χ1n) is 5.96. The van der Waals surface area contributed by atoms with E-state index < -0.39 is 0 Å². The average molecular weight is 285 g/mol. The number of nitrogens with one attached hydrogen (secondary N) is 1. The number of thiophene rings is 1. The van der Waals surface area contributed by atoms with Gasteiger partial charge in [-0.15, -0.1) is 11.3 Å². The van der Waals surface area contributed by atoms with Crippen LogP contribution in [0.25, 0.3) is 0 Å². The fourth-order valence-electron chi connectivity index (χ4n) is 1.91. The minimum absolute atomic E-state index is 0.0560. The first-order valence-corrected chi connectivity index (χ1v) is 7.15. The molecule has 0 radical (unpaired) electrons. The molecule has 1 atom stereocenters. The van der Waals surface area contributed by atoms with Crippen molar-refractivity contribution >= 4 is 22.9 Å². The lowest BCUT2D eigenvalue weighted by molar-refractivity contribution is 0.523. The average Bonchev–Trinajstić information content (AvgIpc) is 2.96. The van der Waals surface area contributed by atoms with E-state index in [0.29, 0.717) is 0 Å². The van der Waals surface area contributed by atoms with Gasteiger partial charge < -0.3 is 4.57 Å². The second kappa shape index (κ2) is 6.33. The first-order chi connectivity index (χ1) is 8.74. The van der Waals surface area contributed by atoms with Crippen LogP contribution in [0.3, 0.4) is 0 Å². The highest BCUT2D eigenvalue weighted by Crippen LogP contribution is 2.28. The number of hydrogen-bond donors (Lipinski definition) is 2. The molecular formula is C12H17ClN4S. The van der Waals surface area contributed by atoms with Gasteiger partial charge in [0.25, 0.3) is 0 Å². The molecule has 6 heteroatoms. The lowest BCUT2D eigenvalue weighted by atomic mass is 10.1. The van der Waals surface area contributed by atoms with Crippen molar-refractivity contribution in [3.05, 3.63) is 39.6 Å². The van der Waals surface area contributed by atoms with Gasteiger partial charge in [-0.1, -0.05) is 18.5 Å². The van der Waals surface area contributed by atoms with E-state index in [1.807, 2.05) is 24.5 Å². The third kappa shape index (κ3) is 3.11. The van der Waals surface area contributed by atoms with Gasteiger partial charge in [0.15, 0.2) is 0 Å². The Bertz CT molecular complexity index is 494. The predicted molar refractivity (Wildman–Crippen MR) is 75.6 cm³/mol. The highest BCUT2D eigenvalue weighted by atomic mass is 35.5. The van der Waals surface area contributed by atoms with Gasteiger partial charge in [-0.25, -0.2) is 4.98 Å². The van der Waals surface area contributed by atoms with E-state index in [-0.39, 0.29) is 6.04 Å². The summed E-state index contributed by atoms with van der Waals surface area (Å²) in [7, 11) is 0. The van der Waals surface area contributed by atoms with Crippen LogP contribution in [-0.2, 0) is 13.0 Å². The van der Waals surface area contributed by atoms with Crippen LogP contribution < -0.4 is 11.3 Å². The summed E-state index contributed by atoms with van der Waals surface area (Å²) in [6.45, 7) is 3.14. The fourth-order valence-corrected chi connectivity index (χ4v) is 3.04. The Labute approximate surface area is 116 Å². The van der Waals surface area contributed by atoms with Crippen LogP contribution in [0.4, 0.5) is 0 Å². The molecule has 0 spiro atoms. The van der Waals surface area contributed by atoms with Gasteiger partial charge in [-0.3, -0.25) is 11.3 Å². The minimum Gasteiger partial charge on any atom is -0.335 e. The molecular weight excluding hydrogens is 268 g/mol. The van der Waals surface area contributed by atoms with Gasteiger partial charge in [0.2, 0.25) is 0 Å². The molecule has 2 aromatic rings. The van der Waals surface area contributed by atoms with Crippen molar-refractivity contribution in [2.75, 3.05) is 0 Å². The number of nitrogens with two attached hydrogens (primary N) is 1. The third-order valence-electron chi connectivity index (χ3n) is 2.79. The quantitative estimate of drug-likeness (QED) is 0.633. The van der Waals surface area contributed by atoms with Crippen molar-refractivity contribution in [2.24, 2.45) is 5.84 Å². The number of nitrogens with zero attached hydrogens (tertiary/aromatic N) is 2. The smallest absolute Gasteiger partial charge is 0.110 e. The van der Waals surface area contributed by atoms with E-state index in [0.717, 1.165) is 34.4 Å². The topological polar surface area (TPSA) is 55.9 Å². The Kier molecular flexibility index (Phi) is 4.77. The number of hydrogen-bond acceptors (Lipinski definition) is 4. The van der Waals surface area contributed by atoms with Gasteiger partial charge in [0.05, 0.1) is 10.4 Å². The highest BCUT2D eigenvalue weighted by molar-refractivity contribution is 7.16. The van der Waals surface area contributed by atoms with E-state index >= 15 is 0 Å². The molecule has 0 aliphatic carbocycles. The van der Waals surface area contributed by atoms with Crippen molar-refractivity contribution in [1.29, 1.82) is 0 Å². The molecule has 0 aliphatic heterocycles. The van der Waals surface area contributed by atoms with Gasteiger partial charge in [-0.05, 0) is 18.6 Å². The van der Waals surface area contributed by atoms with Crippen molar-refractivity contribution < 1.29 is 0 Å². The number of aryl methyl sites for hydroxylation is 1. The highest BCUT2D eigenvalue weighted by Gasteiger charge is 2.15. The van der Waals surface area contributed by atoms with E-state index in [9.17, 15) is 0 Å². The molecule has 4 nitrogen and oxygen atoms in total. The Morgan fingerprint density at radius 2 is 2.39 bits per heavy atom. The Hall–Kier alpha value is -0.880. The molecule has 1 unspecified atom stereocenters. The van der Waals surface area contributed by atoms with Gasteiger partial charge >= 0.3 is 0 Å². The van der Waals surface area contributed by atoms with Gasteiger partial charge in [-0.2, -0.15) is 0 Å². The fraction of sp³-hybridized carbons (Fsp3) is 0.417. The summed E-state index contributed by atoms with van der Waals surface area (Å²) in [5.41, 5.74) is 2.84. The van der Waals surface area contributed by atoms with Crippen LogP contribution in [-0.4, -0.2) is 9.55 Å². The normalized spacial score (nSPS) is 12.8. The Morgan fingerprint density at radius 1 is 1.56 bits per heavy atom. The number of aromatic nitrogens is 2. The molecule has 18 heavy (non-hydrogen) atoms. The van der Waals surface area contributed by atoms with Crippen molar-refractivity contribution in [3.63, 3.8) is 0 Å². The summed E-state index contributed by atoms with van der Waals surface area (Å²) in [4.78, 5) is 5.53. The SMILES string of the molecule is CCCn1ccnc1CC(NN)c1ccc(Cl)s1. The molecule has 0 saturated carbocycles. The van der Waals surface area contributed by atoms with Crippen molar-refractivity contribution in [2.45, 2.75) is 32.4 Å². The van der Waals surface area contributed by atoms with Gasteiger partial charge in [0, 0.05) is 30.2 Å². The van der Waals surface area contributed by atoms with Crippen molar-refractivity contribution in [3.8, 4) is 0 Å². The lowest BCUT2D eigenvalue weighted by Crippen LogP contribution is -2.29. The van der Waals surface area contributed by atoms with E-state index in [4.69, 9.17) is 17.4 Å². The van der Waals surface area contributed by atoms with Crippen LogP contribution in [0.15, 0.2) is 24.5 Å². The number of hydrazine groups is 1. The van der Waals surface area contributed by atoms with Crippen LogP contribution >= 0.6 is 22.9 Å².